The summed E-state index contributed by atoms with van der Waals surface area (Å²) in [4.78, 5) is 24.6. The molecule has 0 spiro atoms. The number of benzene rings is 2. The predicted molar refractivity (Wildman–Crippen MR) is 79.6 cm³/mol. The summed E-state index contributed by atoms with van der Waals surface area (Å²) < 4.78 is 0. The number of carboxylic acid groups (broad SMARTS) is 1. The number of carbonyl (C=O) groups excluding carboxylic acids is 1. The van der Waals surface area contributed by atoms with Crippen LogP contribution >= 0.6 is 0 Å². The predicted octanol–water partition coefficient (Wildman–Crippen LogP) is 2.34. The average molecular weight is 283 g/mol. The monoisotopic (exact) mass is 283 g/mol. The highest BCUT2D eigenvalue weighted by Gasteiger charge is 2.17. The van der Waals surface area contributed by atoms with E-state index < -0.39 is 5.97 Å². The third-order valence-corrected chi connectivity index (χ3v) is 3.09. The maximum atomic E-state index is 12.3. The van der Waals surface area contributed by atoms with Crippen molar-refractivity contribution >= 4 is 11.9 Å². The quantitative estimate of drug-likeness (QED) is 0.885. The third kappa shape index (κ3) is 4.76. The van der Waals surface area contributed by atoms with Crippen molar-refractivity contribution in [1.29, 1.82) is 0 Å². The molecule has 1 N–H and O–H groups in total. The Bertz CT molecular complexity index is 596. The molecular weight excluding hydrogens is 266 g/mol. The van der Waals surface area contributed by atoms with Gasteiger partial charge >= 0.3 is 5.97 Å². The zero-order chi connectivity index (χ0) is 15.1. The molecule has 108 valence electrons. The molecule has 0 atom stereocenters. The van der Waals surface area contributed by atoms with E-state index in [-0.39, 0.29) is 18.9 Å². The first kappa shape index (κ1) is 14.8. The number of nitrogens with zero attached hydrogens (tertiary/aromatic N) is 1. The fourth-order valence-corrected chi connectivity index (χ4v) is 2.08. The topological polar surface area (TPSA) is 57.6 Å². The Hall–Kier alpha value is -2.62. The fourth-order valence-electron chi connectivity index (χ4n) is 2.08. The maximum Gasteiger partial charge on any atom is 0.323 e. The van der Waals surface area contributed by atoms with Crippen molar-refractivity contribution in [3.05, 3.63) is 71.8 Å². The number of amides is 1. The van der Waals surface area contributed by atoms with Crippen LogP contribution in [-0.4, -0.2) is 28.4 Å². The first-order chi connectivity index (χ1) is 10.1. The van der Waals surface area contributed by atoms with E-state index in [2.05, 4.69) is 0 Å². The van der Waals surface area contributed by atoms with E-state index >= 15 is 0 Å². The summed E-state index contributed by atoms with van der Waals surface area (Å²) in [6.45, 7) is 0.0133. The number of carboxylic acids is 1. The fraction of sp³-hybridized carbons (Fsp3) is 0.176. The molecule has 2 aromatic rings. The van der Waals surface area contributed by atoms with Gasteiger partial charge in [0.15, 0.2) is 0 Å². The third-order valence-electron chi connectivity index (χ3n) is 3.09. The number of rotatable bonds is 6. The summed E-state index contributed by atoms with van der Waals surface area (Å²) in [5.74, 6) is -1.19. The van der Waals surface area contributed by atoms with Crippen LogP contribution in [0, 0.1) is 0 Å². The smallest absolute Gasteiger partial charge is 0.323 e. The van der Waals surface area contributed by atoms with Crippen LogP contribution in [0.15, 0.2) is 60.7 Å². The summed E-state index contributed by atoms with van der Waals surface area (Å²) in [6.07, 6.45) is 0.209. The highest BCUT2D eigenvalue weighted by Crippen LogP contribution is 2.08. The molecule has 0 fully saturated rings. The second-order valence-electron chi connectivity index (χ2n) is 4.79. The minimum absolute atomic E-state index is 0.188. The second kappa shape index (κ2) is 7.24. The molecule has 0 aromatic heterocycles. The van der Waals surface area contributed by atoms with Gasteiger partial charge < -0.3 is 10.0 Å². The SMILES string of the molecule is O=C(O)CN(Cc1ccccc1)C(=O)Cc1ccccc1. The molecule has 0 aliphatic rings. The molecule has 0 aliphatic carbocycles. The summed E-state index contributed by atoms with van der Waals surface area (Å²) >= 11 is 0. The minimum atomic E-state index is -1.01. The number of hydrogen-bond acceptors (Lipinski definition) is 2. The average Bonchev–Trinajstić information content (AvgIpc) is 2.48. The normalized spacial score (nSPS) is 10.1. The van der Waals surface area contributed by atoms with Gasteiger partial charge in [0.05, 0.1) is 6.42 Å². The Labute approximate surface area is 123 Å². The van der Waals surface area contributed by atoms with Crippen LogP contribution in [-0.2, 0) is 22.6 Å². The lowest BCUT2D eigenvalue weighted by atomic mass is 10.1. The van der Waals surface area contributed by atoms with Crippen molar-refractivity contribution < 1.29 is 14.7 Å². The van der Waals surface area contributed by atoms with Crippen LogP contribution in [0.5, 0.6) is 0 Å². The number of carbonyl (C=O) groups is 2. The van der Waals surface area contributed by atoms with Crippen LogP contribution < -0.4 is 0 Å². The molecule has 0 saturated heterocycles. The van der Waals surface area contributed by atoms with Crippen molar-refractivity contribution in [2.45, 2.75) is 13.0 Å². The summed E-state index contributed by atoms with van der Waals surface area (Å²) in [6, 6.07) is 18.7. The first-order valence-corrected chi connectivity index (χ1v) is 6.72. The van der Waals surface area contributed by atoms with Gasteiger partial charge in [0.1, 0.15) is 6.54 Å². The van der Waals surface area contributed by atoms with Crippen molar-refractivity contribution in [3.8, 4) is 0 Å². The standard InChI is InChI=1S/C17H17NO3/c19-16(11-14-7-3-1-4-8-14)18(13-17(20)21)12-15-9-5-2-6-10-15/h1-10H,11-13H2,(H,20,21). The molecule has 1 amide bonds. The molecule has 21 heavy (non-hydrogen) atoms. The maximum absolute atomic E-state index is 12.3. The Balaban J connectivity index is 2.08. The van der Waals surface area contributed by atoms with Crippen LogP contribution in [0.2, 0.25) is 0 Å². The van der Waals surface area contributed by atoms with Crippen LogP contribution in [0.4, 0.5) is 0 Å². The second-order valence-corrected chi connectivity index (χ2v) is 4.79. The van der Waals surface area contributed by atoms with E-state index in [1.807, 2.05) is 60.7 Å². The molecule has 0 heterocycles. The largest absolute Gasteiger partial charge is 0.480 e. The van der Waals surface area contributed by atoms with E-state index in [1.165, 1.54) is 4.90 Å². The van der Waals surface area contributed by atoms with E-state index in [0.29, 0.717) is 6.54 Å². The van der Waals surface area contributed by atoms with E-state index in [9.17, 15) is 9.59 Å². The lowest BCUT2D eigenvalue weighted by molar-refractivity contribution is -0.144. The molecule has 0 aliphatic heterocycles. The van der Waals surface area contributed by atoms with Crippen molar-refractivity contribution in [2.24, 2.45) is 0 Å². The first-order valence-electron chi connectivity index (χ1n) is 6.72. The molecule has 0 unspecified atom stereocenters. The van der Waals surface area contributed by atoms with Crippen LogP contribution in [0.1, 0.15) is 11.1 Å². The van der Waals surface area contributed by atoms with E-state index in [1.54, 1.807) is 0 Å². The molecular formula is C17H17NO3. The number of aliphatic carboxylic acids is 1. The van der Waals surface area contributed by atoms with Gasteiger partial charge in [-0.25, -0.2) is 0 Å². The summed E-state index contributed by atoms with van der Waals surface area (Å²) in [5, 5.41) is 8.98. The molecule has 0 bridgehead atoms. The van der Waals surface area contributed by atoms with Crippen molar-refractivity contribution in [1.82, 2.24) is 4.90 Å². The van der Waals surface area contributed by atoms with Gasteiger partial charge in [0, 0.05) is 6.54 Å². The summed E-state index contributed by atoms with van der Waals surface area (Å²) in [7, 11) is 0. The van der Waals surface area contributed by atoms with Gasteiger partial charge in [0.2, 0.25) is 5.91 Å². The van der Waals surface area contributed by atoms with Gasteiger partial charge in [-0.1, -0.05) is 60.7 Å². The van der Waals surface area contributed by atoms with Crippen molar-refractivity contribution in [3.63, 3.8) is 0 Å². The lowest BCUT2D eigenvalue weighted by Gasteiger charge is -2.21. The zero-order valence-corrected chi connectivity index (χ0v) is 11.6. The highest BCUT2D eigenvalue weighted by molar-refractivity contribution is 5.83. The van der Waals surface area contributed by atoms with Gasteiger partial charge in [-0.3, -0.25) is 9.59 Å². The van der Waals surface area contributed by atoms with E-state index in [0.717, 1.165) is 11.1 Å². The molecule has 2 aromatic carbocycles. The molecule has 4 nitrogen and oxygen atoms in total. The van der Waals surface area contributed by atoms with Crippen LogP contribution in [0.25, 0.3) is 0 Å². The van der Waals surface area contributed by atoms with Crippen LogP contribution in [0.3, 0.4) is 0 Å². The lowest BCUT2D eigenvalue weighted by Crippen LogP contribution is -2.36. The Morgan fingerprint density at radius 3 is 1.90 bits per heavy atom. The Kier molecular flexibility index (Phi) is 5.10. The van der Waals surface area contributed by atoms with Crippen molar-refractivity contribution in [2.75, 3.05) is 6.54 Å². The molecule has 0 radical (unpaired) electrons. The van der Waals surface area contributed by atoms with Gasteiger partial charge in [-0.2, -0.15) is 0 Å². The van der Waals surface area contributed by atoms with Gasteiger partial charge in [0.25, 0.3) is 0 Å². The van der Waals surface area contributed by atoms with Gasteiger partial charge in [-0.15, -0.1) is 0 Å². The van der Waals surface area contributed by atoms with E-state index in [4.69, 9.17) is 5.11 Å². The Morgan fingerprint density at radius 1 is 0.857 bits per heavy atom. The molecule has 2 rings (SSSR count). The summed E-state index contributed by atoms with van der Waals surface area (Å²) in [5.41, 5.74) is 1.80. The number of hydrogen-bond donors (Lipinski definition) is 1. The molecule has 4 heteroatoms. The molecule has 0 saturated carbocycles. The zero-order valence-electron chi connectivity index (χ0n) is 11.6. The van der Waals surface area contributed by atoms with Gasteiger partial charge in [-0.05, 0) is 11.1 Å². The Morgan fingerprint density at radius 2 is 1.38 bits per heavy atom. The minimum Gasteiger partial charge on any atom is -0.480 e. The highest BCUT2D eigenvalue weighted by atomic mass is 16.4.